The summed E-state index contributed by atoms with van der Waals surface area (Å²) in [5.74, 6) is 1.53. The molecular formula is C20H19ClN4OS. The second kappa shape index (κ2) is 9.39. The Hall–Kier alpha value is -2.57. The van der Waals surface area contributed by atoms with Crippen LogP contribution in [0.3, 0.4) is 0 Å². The molecule has 0 saturated heterocycles. The highest BCUT2D eigenvalue weighted by Gasteiger charge is 2.08. The number of hydrogen-bond donors (Lipinski definition) is 1. The normalized spacial score (nSPS) is 11.3. The quantitative estimate of drug-likeness (QED) is 0.254. The zero-order valence-electron chi connectivity index (χ0n) is 15.0. The summed E-state index contributed by atoms with van der Waals surface area (Å²) in [6.45, 7) is 1.95. The van der Waals surface area contributed by atoms with E-state index in [4.69, 9.17) is 16.3 Å². The highest BCUT2D eigenvalue weighted by atomic mass is 35.5. The lowest BCUT2D eigenvalue weighted by Gasteiger charge is -2.11. The molecule has 0 saturated carbocycles. The minimum Gasteiger partial charge on any atom is -0.496 e. The minimum absolute atomic E-state index is 0.628. The summed E-state index contributed by atoms with van der Waals surface area (Å²) in [7, 11) is 1.67. The number of thioether (sulfide) groups is 1. The Morgan fingerprint density at radius 1 is 1.15 bits per heavy atom. The fourth-order valence-electron chi connectivity index (χ4n) is 2.38. The standard InChI is InChI=1S/C20H19ClN4OS/c1-14(24-25-18-7-4-3-6-17(18)21)15-8-9-19(26-2)16(12-15)13-27-20-22-10-5-11-23-20/h3-12,25H,13H2,1-2H3/b24-14-. The smallest absolute Gasteiger partial charge is 0.187 e. The molecule has 2 aromatic carbocycles. The third-order valence-electron chi connectivity index (χ3n) is 3.81. The maximum atomic E-state index is 6.16. The average molecular weight is 399 g/mol. The van der Waals surface area contributed by atoms with Gasteiger partial charge in [0.25, 0.3) is 0 Å². The number of para-hydroxylation sites is 1. The molecule has 0 spiro atoms. The van der Waals surface area contributed by atoms with E-state index in [1.54, 1.807) is 37.3 Å². The molecule has 1 aromatic heterocycles. The van der Waals surface area contributed by atoms with E-state index in [9.17, 15) is 0 Å². The number of nitrogens with zero attached hydrogens (tertiary/aromatic N) is 3. The Morgan fingerprint density at radius 3 is 2.67 bits per heavy atom. The van der Waals surface area contributed by atoms with Crippen molar-refractivity contribution in [2.75, 3.05) is 12.5 Å². The second-order valence-corrected chi connectivity index (χ2v) is 6.99. The van der Waals surface area contributed by atoms with E-state index in [1.165, 1.54) is 0 Å². The van der Waals surface area contributed by atoms with Gasteiger partial charge in [-0.1, -0.05) is 35.5 Å². The number of ether oxygens (including phenoxy) is 1. The van der Waals surface area contributed by atoms with E-state index in [0.717, 1.165) is 33.4 Å². The third kappa shape index (κ3) is 5.21. The summed E-state index contributed by atoms with van der Waals surface area (Å²) < 4.78 is 5.49. The number of hydrogen-bond acceptors (Lipinski definition) is 6. The zero-order chi connectivity index (χ0) is 19.1. The van der Waals surface area contributed by atoms with Gasteiger partial charge < -0.3 is 4.74 Å². The van der Waals surface area contributed by atoms with Crippen LogP contribution >= 0.6 is 23.4 Å². The third-order valence-corrected chi connectivity index (χ3v) is 5.07. The molecule has 0 amide bonds. The molecule has 27 heavy (non-hydrogen) atoms. The van der Waals surface area contributed by atoms with E-state index >= 15 is 0 Å². The first kappa shape index (κ1) is 19.2. The monoisotopic (exact) mass is 398 g/mol. The summed E-state index contributed by atoms with van der Waals surface area (Å²) >= 11 is 7.72. The summed E-state index contributed by atoms with van der Waals surface area (Å²) in [5.41, 5.74) is 6.69. The predicted molar refractivity (Wildman–Crippen MR) is 112 cm³/mol. The van der Waals surface area contributed by atoms with Crippen molar-refractivity contribution in [2.45, 2.75) is 17.8 Å². The lowest BCUT2D eigenvalue weighted by molar-refractivity contribution is 0.411. The number of hydrazone groups is 1. The van der Waals surface area contributed by atoms with Gasteiger partial charge in [0.15, 0.2) is 5.16 Å². The molecular weight excluding hydrogens is 380 g/mol. The fourth-order valence-corrected chi connectivity index (χ4v) is 3.34. The topological polar surface area (TPSA) is 59.4 Å². The molecule has 3 aromatic rings. The highest BCUT2D eigenvalue weighted by Crippen LogP contribution is 2.27. The molecule has 3 rings (SSSR count). The second-order valence-electron chi connectivity index (χ2n) is 5.64. The van der Waals surface area contributed by atoms with Gasteiger partial charge in [0.2, 0.25) is 0 Å². The molecule has 138 valence electrons. The van der Waals surface area contributed by atoms with Crippen molar-refractivity contribution in [3.05, 3.63) is 77.1 Å². The Bertz CT molecular complexity index is 934. The highest BCUT2D eigenvalue weighted by molar-refractivity contribution is 7.98. The molecule has 0 unspecified atom stereocenters. The van der Waals surface area contributed by atoms with E-state index in [2.05, 4.69) is 26.6 Å². The van der Waals surface area contributed by atoms with Crippen LogP contribution in [-0.4, -0.2) is 22.8 Å². The molecule has 5 nitrogen and oxygen atoms in total. The van der Waals surface area contributed by atoms with Gasteiger partial charge >= 0.3 is 0 Å². The minimum atomic E-state index is 0.628. The maximum Gasteiger partial charge on any atom is 0.187 e. The lowest BCUT2D eigenvalue weighted by atomic mass is 10.1. The molecule has 0 atom stereocenters. The lowest BCUT2D eigenvalue weighted by Crippen LogP contribution is -2.02. The Morgan fingerprint density at radius 2 is 1.93 bits per heavy atom. The molecule has 0 aliphatic heterocycles. The van der Waals surface area contributed by atoms with Crippen LogP contribution in [0.5, 0.6) is 5.75 Å². The maximum absolute atomic E-state index is 6.16. The fraction of sp³-hybridized carbons (Fsp3) is 0.150. The van der Waals surface area contributed by atoms with Gasteiger partial charge in [-0.05, 0) is 48.9 Å². The first-order valence-electron chi connectivity index (χ1n) is 8.29. The van der Waals surface area contributed by atoms with Crippen molar-refractivity contribution < 1.29 is 4.74 Å². The molecule has 1 heterocycles. The predicted octanol–water partition coefficient (Wildman–Crippen LogP) is 5.27. The summed E-state index contributed by atoms with van der Waals surface area (Å²) in [6.07, 6.45) is 3.47. The van der Waals surface area contributed by atoms with Crippen LogP contribution in [0.1, 0.15) is 18.1 Å². The molecule has 1 N–H and O–H groups in total. The summed E-state index contributed by atoms with van der Waals surface area (Å²) in [4.78, 5) is 8.49. The van der Waals surface area contributed by atoms with Crippen LogP contribution in [0.4, 0.5) is 5.69 Å². The van der Waals surface area contributed by atoms with Gasteiger partial charge in [0.05, 0.1) is 23.5 Å². The number of nitrogens with one attached hydrogen (secondary N) is 1. The number of halogens is 1. The van der Waals surface area contributed by atoms with Gasteiger partial charge in [0, 0.05) is 23.7 Å². The molecule has 0 bridgehead atoms. The van der Waals surface area contributed by atoms with E-state index < -0.39 is 0 Å². The summed E-state index contributed by atoms with van der Waals surface area (Å²) in [5, 5.41) is 5.81. The van der Waals surface area contributed by atoms with Crippen LogP contribution in [0, 0.1) is 0 Å². The van der Waals surface area contributed by atoms with Crippen LogP contribution in [0.25, 0.3) is 0 Å². The van der Waals surface area contributed by atoms with Crippen LogP contribution in [0.2, 0.25) is 5.02 Å². The Labute approximate surface area is 167 Å². The number of methoxy groups -OCH3 is 1. The van der Waals surface area contributed by atoms with Gasteiger partial charge in [-0.2, -0.15) is 5.10 Å². The molecule has 0 fully saturated rings. The molecule has 0 aliphatic rings. The summed E-state index contributed by atoms with van der Waals surface area (Å²) in [6, 6.07) is 15.3. The Kier molecular flexibility index (Phi) is 6.68. The van der Waals surface area contributed by atoms with Crippen molar-refractivity contribution in [1.82, 2.24) is 9.97 Å². The number of rotatable bonds is 7. The first-order valence-corrected chi connectivity index (χ1v) is 9.65. The van der Waals surface area contributed by atoms with Crippen LogP contribution < -0.4 is 10.2 Å². The first-order chi connectivity index (χ1) is 13.2. The van der Waals surface area contributed by atoms with Crippen LogP contribution in [-0.2, 0) is 5.75 Å². The molecule has 0 aliphatic carbocycles. The van der Waals surface area contributed by atoms with E-state index in [0.29, 0.717) is 10.8 Å². The Balaban J connectivity index is 1.77. The largest absolute Gasteiger partial charge is 0.496 e. The van der Waals surface area contributed by atoms with Crippen molar-refractivity contribution >= 4 is 34.8 Å². The van der Waals surface area contributed by atoms with Gasteiger partial charge in [0.1, 0.15) is 5.75 Å². The zero-order valence-corrected chi connectivity index (χ0v) is 16.6. The van der Waals surface area contributed by atoms with Crippen molar-refractivity contribution in [1.29, 1.82) is 0 Å². The number of anilines is 1. The van der Waals surface area contributed by atoms with E-state index in [1.807, 2.05) is 43.3 Å². The SMILES string of the molecule is COc1ccc(/C(C)=N\Nc2ccccc2Cl)cc1CSc1ncccn1. The number of benzene rings is 2. The van der Waals surface area contributed by atoms with E-state index in [-0.39, 0.29) is 0 Å². The van der Waals surface area contributed by atoms with Gasteiger partial charge in [-0.3, -0.25) is 5.43 Å². The molecule has 7 heteroatoms. The molecule has 0 radical (unpaired) electrons. The van der Waals surface area contributed by atoms with Crippen molar-refractivity contribution in [3.63, 3.8) is 0 Å². The van der Waals surface area contributed by atoms with Crippen LogP contribution in [0.15, 0.2) is 71.2 Å². The number of aromatic nitrogens is 2. The van der Waals surface area contributed by atoms with Gasteiger partial charge in [-0.15, -0.1) is 0 Å². The average Bonchev–Trinajstić information content (AvgIpc) is 2.72. The van der Waals surface area contributed by atoms with Crippen molar-refractivity contribution in [2.24, 2.45) is 5.10 Å². The van der Waals surface area contributed by atoms with Gasteiger partial charge in [-0.25, -0.2) is 9.97 Å². The van der Waals surface area contributed by atoms with Crippen molar-refractivity contribution in [3.8, 4) is 5.75 Å².